The maximum Gasteiger partial charge on any atom is 0.151 e. The number of nitrogens with one attached hydrogen (secondary N) is 1. The summed E-state index contributed by atoms with van der Waals surface area (Å²) in [7, 11) is 0. The molecule has 3 heteroatoms. The lowest BCUT2D eigenvalue weighted by molar-refractivity contribution is 1.03. The number of fused-ring (bicyclic) bond motifs is 1. The number of aromatic nitrogens is 2. The number of anilines is 1. The van der Waals surface area contributed by atoms with E-state index in [4.69, 9.17) is 0 Å². The van der Waals surface area contributed by atoms with E-state index in [9.17, 15) is 0 Å². The van der Waals surface area contributed by atoms with E-state index >= 15 is 0 Å². The summed E-state index contributed by atoms with van der Waals surface area (Å²) < 4.78 is 0. The van der Waals surface area contributed by atoms with E-state index in [2.05, 4.69) is 15.5 Å². The molecule has 0 unspecified atom stereocenters. The molecule has 9 heavy (non-hydrogen) atoms. The van der Waals surface area contributed by atoms with Crippen LogP contribution in [0.1, 0.15) is 5.56 Å². The van der Waals surface area contributed by atoms with E-state index < -0.39 is 0 Å². The van der Waals surface area contributed by atoms with Crippen LogP contribution < -0.4 is 5.32 Å². The zero-order valence-corrected chi connectivity index (χ0v) is 4.96. The van der Waals surface area contributed by atoms with Gasteiger partial charge in [-0.05, 0) is 18.1 Å². The van der Waals surface area contributed by atoms with Gasteiger partial charge in [-0.25, -0.2) is 0 Å². The Kier molecular flexibility index (Phi) is 0.886. The molecule has 0 saturated heterocycles. The summed E-state index contributed by atoms with van der Waals surface area (Å²) in [4.78, 5) is 0. The lowest BCUT2D eigenvalue weighted by Crippen LogP contribution is -1.93. The number of nitrogens with zero attached hydrogens (tertiary/aromatic N) is 2. The second-order valence-electron chi connectivity index (χ2n) is 2.08. The van der Waals surface area contributed by atoms with Gasteiger partial charge in [0.15, 0.2) is 5.82 Å². The van der Waals surface area contributed by atoms with E-state index in [0.717, 1.165) is 18.8 Å². The van der Waals surface area contributed by atoms with Gasteiger partial charge in [0.25, 0.3) is 0 Å². The summed E-state index contributed by atoms with van der Waals surface area (Å²) in [5.74, 6) is 0.956. The fourth-order valence-corrected chi connectivity index (χ4v) is 1.02. The lowest BCUT2D eigenvalue weighted by atomic mass is 10.2. The molecule has 1 aromatic heterocycles. The summed E-state index contributed by atoms with van der Waals surface area (Å²) in [6.07, 6.45) is 2.82. The minimum absolute atomic E-state index is 0.956. The molecule has 0 spiro atoms. The van der Waals surface area contributed by atoms with Gasteiger partial charge in [0.05, 0.1) is 6.20 Å². The summed E-state index contributed by atoms with van der Waals surface area (Å²) in [6.45, 7) is 1.01. The smallest absolute Gasteiger partial charge is 0.151 e. The van der Waals surface area contributed by atoms with Crippen LogP contribution in [0.25, 0.3) is 0 Å². The van der Waals surface area contributed by atoms with Crippen LogP contribution in [0, 0.1) is 0 Å². The largest absolute Gasteiger partial charge is 0.368 e. The predicted octanol–water partition coefficient (Wildman–Crippen LogP) is 0.445. The first-order chi connectivity index (χ1) is 4.47. The summed E-state index contributed by atoms with van der Waals surface area (Å²) in [5, 5.41) is 10.8. The van der Waals surface area contributed by atoms with Crippen molar-refractivity contribution in [1.82, 2.24) is 10.2 Å². The minimum Gasteiger partial charge on any atom is -0.368 e. The molecule has 0 fully saturated rings. The highest BCUT2D eigenvalue weighted by Crippen LogP contribution is 2.15. The quantitative estimate of drug-likeness (QED) is 0.541. The minimum atomic E-state index is 0.956. The second-order valence-corrected chi connectivity index (χ2v) is 2.08. The molecule has 1 aromatic rings. The fourth-order valence-electron chi connectivity index (χ4n) is 1.02. The van der Waals surface area contributed by atoms with Gasteiger partial charge >= 0.3 is 0 Å². The average molecular weight is 121 g/mol. The Morgan fingerprint density at radius 2 is 2.56 bits per heavy atom. The van der Waals surface area contributed by atoms with Gasteiger partial charge in [-0.2, -0.15) is 5.10 Å². The van der Waals surface area contributed by atoms with Crippen LogP contribution >= 0.6 is 0 Å². The van der Waals surface area contributed by atoms with Crippen molar-refractivity contribution < 1.29 is 0 Å². The Balaban J connectivity index is 2.54. The lowest BCUT2D eigenvalue weighted by Gasteiger charge is -1.91. The number of rotatable bonds is 0. The van der Waals surface area contributed by atoms with Gasteiger partial charge in [-0.1, -0.05) is 0 Å². The Hall–Kier alpha value is -1.12. The Morgan fingerprint density at radius 1 is 1.56 bits per heavy atom. The molecule has 0 bridgehead atoms. The first-order valence-electron chi connectivity index (χ1n) is 3.01. The molecular weight excluding hydrogens is 114 g/mol. The van der Waals surface area contributed by atoms with E-state index in [0.29, 0.717) is 0 Å². The van der Waals surface area contributed by atoms with Crippen LogP contribution in [0.5, 0.6) is 0 Å². The third-order valence-electron chi connectivity index (χ3n) is 1.49. The van der Waals surface area contributed by atoms with Gasteiger partial charge in [0.2, 0.25) is 0 Å². The average Bonchev–Trinajstić information content (AvgIpc) is 2.33. The molecule has 2 heterocycles. The van der Waals surface area contributed by atoms with Crippen molar-refractivity contribution in [3.63, 3.8) is 0 Å². The van der Waals surface area contributed by atoms with Gasteiger partial charge in [-0.15, -0.1) is 5.10 Å². The number of hydrogen-bond donors (Lipinski definition) is 1. The molecule has 3 nitrogen and oxygen atoms in total. The molecule has 0 aliphatic carbocycles. The van der Waals surface area contributed by atoms with Gasteiger partial charge < -0.3 is 5.32 Å². The number of hydrogen-bond acceptors (Lipinski definition) is 3. The summed E-state index contributed by atoms with van der Waals surface area (Å²) >= 11 is 0. The molecular formula is C6H7N3. The predicted molar refractivity (Wildman–Crippen MR) is 34.2 cm³/mol. The van der Waals surface area contributed by atoms with Gasteiger partial charge in [-0.3, -0.25) is 0 Å². The van der Waals surface area contributed by atoms with E-state index in [-0.39, 0.29) is 0 Å². The van der Waals surface area contributed by atoms with E-state index in [1.807, 2.05) is 6.07 Å². The van der Waals surface area contributed by atoms with Crippen molar-refractivity contribution in [3.8, 4) is 0 Å². The molecule has 0 saturated carbocycles. The summed E-state index contributed by atoms with van der Waals surface area (Å²) in [5.41, 5.74) is 1.28. The second kappa shape index (κ2) is 1.69. The van der Waals surface area contributed by atoms with Crippen LogP contribution in [0.4, 0.5) is 5.82 Å². The highest BCUT2D eigenvalue weighted by molar-refractivity contribution is 5.46. The highest BCUT2D eigenvalue weighted by atomic mass is 15.2. The van der Waals surface area contributed by atoms with Crippen molar-refractivity contribution in [2.75, 3.05) is 11.9 Å². The molecule has 1 aliphatic heterocycles. The Bertz CT molecular complexity index is 198. The first-order valence-corrected chi connectivity index (χ1v) is 3.01. The molecule has 1 aliphatic rings. The maximum absolute atomic E-state index is 3.90. The first kappa shape index (κ1) is 4.73. The standard InChI is InChI=1S/C6H7N3/c1-3-7-6-5(1)2-4-8-9-6/h2,4H,1,3H2,(H,7,9). The monoisotopic (exact) mass is 121 g/mol. The van der Waals surface area contributed by atoms with Crippen molar-refractivity contribution in [2.24, 2.45) is 0 Å². The molecule has 0 atom stereocenters. The highest BCUT2D eigenvalue weighted by Gasteiger charge is 2.08. The molecule has 0 aromatic carbocycles. The third-order valence-corrected chi connectivity index (χ3v) is 1.49. The van der Waals surface area contributed by atoms with Gasteiger partial charge in [0, 0.05) is 6.54 Å². The SMILES string of the molecule is c1cc2c(nn1)NCC2. The van der Waals surface area contributed by atoms with Crippen LogP contribution in [0.15, 0.2) is 12.3 Å². The summed E-state index contributed by atoms with van der Waals surface area (Å²) in [6, 6.07) is 2.00. The van der Waals surface area contributed by atoms with Crippen LogP contribution in [0.2, 0.25) is 0 Å². The van der Waals surface area contributed by atoms with Crippen LogP contribution in [-0.2, 0) is 6.42 Å². The van der Waals surface area contributed by atoms with Crippen molar-refractivity contribution in [2.45, 2.75) is 6.42 Å². The zero-order valence-electron chi connectivity index (χ0n) is 4.96. The Labute approximate surface area is 53.1 Å². The zero-order chi connectivity index (χ0) is 6.10. The molecule has 0 radical (unpaired) electrons. The normalized spacial score (nSPS) is 14.7. The van der Waals surface area contributed by atoms with Crippen molar-refractivity contribution in [1.29, 1.82) is 0 Å². The molecule has 46 valence electrons. The molecule has 2 rings (SSSR count). The Morgan fingerprint density at radius 3 is 3.44 bits per heavy atom. The van der Waals surface area contributed by atoms with Crippen molar-refractivity contribution in [3.05, 3.63) is 17.8 Å². The van der Waals surface area contributed by atoms with Crippen molar-refractivity contribution >= 4 is 5.82 Å². The van der Waals surface area contributed by atoms with Gasteiger partial charge in [0.1, 0.15) is 0 Å². The maximum atomic E-state index is 3.90. The molecule has 0 amide bonds. The molecule has 1 N–H and O–H groups in total. The fraction of sp³-hybridized carbons (Fsp3) is 0.333. The van der Waals surface area contributed by atoms with Crippen LogP contribution in [0.3, 0.4) is 0 Å². The van der Waals surface area contributed by atoms with Crippen LogP contribution in [-0.4, -0.2) is 16.7 Å². The van der Waals surface area contributed by atoms with E-state index in [1.54, 1.807) is 6.20 Å². The topological polar surface area (TPSA) is 37.8 Å². The van der Waals surface area contributed by atoms with E-state index in [1.165, 1.54) is 5.56 Å². The third kappa shape index (κ3) is 0.650.